The Morgan fingerprint density at radius 1 is 0.731 bits per heavy atom. The Hall–Kier alpha value is -2.80. The summed E-state index contributed by atoms with van der Waals surface area (Å²) in [5, 5.41) is 8.04. The van der Waals surface area contributed by atoms with E-state index in [0.717, 1.165) is 0 Å². The number of aromatic nitrogens is 1. The van der Waals surface area contributed by atoms with Crippen LogP contribution in [-0.2, 0) is 13.5 Å². The average molecular weight is 337 g/mol. The topological polar surface area (TPSA) is 4.93 Å². The van der Waals surface area contributed by atoms with Gasteiger partial charge in [0, 0.05) is 28.9 Å². The van der Waals surface area contributed by atoms with Crippen LogP contribution in [0.1, 0.15) is 25.3 Å². The number of rotatable bonds is 3. The van der Waals surface area contributed by atoms with Gasteiger partial charge in [-0.05, 0) is 64.2 Å². The van der Waals surface area contributed by atoms with E-state index < -0.39 is 0 Å². The van der Waals surface area contributed by atoms with Crippen LogP contribution in [0, 0.1) is 0 Å². The van der Waals surface area contributed by atoms with E-state index in [0.29, 0.717) is 0 Å². The molecular weight excluding hydrogens is 314 g/mol. The number of nitrogens with zero attached hydrogens (tertiary/aromatic N) is 1. The predicted molar refractivity (Wildman–Crippen MR) is 114 cm³/mol. The number of benzene rings is 4. The monoisotopic (exact) mass is 337 g/mol. The number of aryl methyl sites for hydroxylation is 2. The fraction of sp³-hybridized carbons (Fsp3) is 0.200. The molecule has 0 fully saturated rings. The van der Waals surface area contributed by atoms with Gasteiger partial charge in [-0.1, -0.05) is 55.8 Å². The van der Waals surface area contributed by atoms with Crippen molar-refractivity contribution in [3.8, 4) is 0 Å². The predicted octanol–water partition coefficient (Wildman–Crippen LogP) is 6.98. The summed E-state index contributed by atoms with van der Waals surface area (Å²) in [6, 6.07) is 24.9. The normalized spacial score (nSPS) is 11.9. The first-order valence-corrected chi connectivity index (χ1v) is 9.59. The van der Waals surface area contributed by atoms with Crippen molar-refractivity contribution in [2.45, 2.75) is 26.2 Å². The van der Waals surface area contributed by atoms with Gasteiger partial charge in [-0.15, -0.1) is 0 Å². The minimum absolute atomic E-state index is 1.17. The van der Waals surface area contributed by atoms with E-state index in [4.69, 9.17) is 0 Å². The molecule has 4 aromatic carbocycles. The van der Waals surface area contributed by atoms with Crippen LogP contribution < -0.4 is 0 Å². The number of hydrogen-bond acceptors (Lipinski definition) is 0. The van der Waals surface area contributed by atoms with Gasteiger partial charge in [0.2, 0.25) is 0 Å². The van der Waals surface area contributed by atoms with Gasteiger partial charge in [0.15, 0.2) is 0 Å². The summed E-state index contributed by atoms with van der Waals surface area (Å²) in [6.07, 6.45) is 3.66. The van der Waals surface area contributed by atoms with E-state index in [1.165, 1.54) is 68.2 Å². The number of fused-ring (bicyclic) bond motifs is 6. The van der Waals surface area contributed by atoms with Crippen LogP contribution in [0.4, 0.5) is 0 Å². The molecule has 0 unspecified atom stereocenters. The molecule has 1 heteroatoms. The second-order valence-corrected chi connectivity index (χ2v) is 7.39. The Morgan fingerprint density at radius 3 is 2.35 bits per heavy atom. The lowest BCUT2D eigenvalue weighted by Crippen LogP contribution is -1.89. The zero-order valence-electron chi connectivity index (χ0n) is 15.4. The summed E-state index contributed by atoms with van der Waals surface area (Å²) in [7, 11) is 2.20. The van der Waals surface area contributed by atoms with E-state index in [-0.39, 0.29) is 0 Å². The molecule has 1 heterocycles. The van der Waals surface area contributed by atoms with Crippen LogP contribution >= 0.6 is 0 Å². The van der Waals surface area contributed by atoms with Gasteiger partial charge >= 0.3 is 0 Å². The molecule has 0 spiro atoms. The third-order valence-electron chi connectivity index (χ3n) is 5.74. The van der Waals surface area contributed by atoms with Crippen LogP contribution in [0.25, 0.3) is 43.4 Å². The molecule has 0 radical (unpaired) electrons. The molecule has 0 aliphatic carbocycles. The van der Waals surface area contributed by atoms with Crippen molar-refractivity contribution in [3.05, 3.63) is 72.3 Å². The summed E-state index contributed by atoms with van der Waals surface area (Å²) in [4.78, 5) is 0. The highest BCUT2D eigenvalue weighted by molar-refractivity contribution is 6.22. The minimum Gasteiger partial charge on any atom is -0.344 e. The molecule has 0 bridgehead atoms. The Kier molecular flexibility index (Phi) is 3.49. The third-order valence-corrected chi connectivity index (χ3v) is 5.74. The minimum atomic E-state index is 1.17. The van der Waals surface area contributed by atoms with E-state index in [9.17, 15) is 0 Å². The van der Waals surface area contributed by atoms with Gasteiger partial charge < -0.3 is 4.57 Å². The first-order valence-electron chi connectivity index (χ1n) is 9.59. The lowest BCUT2D eigenvalue weighted by atomic mass is 9.99. The van der Waals surface area contributed by atoms with Gasteiger partial charge in [0.1, 0.15) is 0 Å². The maximum atomic E-state index is 2.39. The second-order valence-electron chi connectivity index (χ2n) is 7.39. The van der Waals surface area contributed by atoms with Crippen LogP contribution in [0.3, 0.4) is 0 Å². The Balaban J connectivity index is 1.87. The maximum Gasteiger partial charge on any atom is 0.0495 e. The molecule has 0 N–H and O–H groups in total. The summed E-state index contributed by atoms with van der Waals surface area (Å²) >= 11 is 0. The van der Waals surface area contributed by atoms with Crippen LogP contribution in [-0.4, -0.2) is 4.57 Å². The third kappa shape index (κ3) is 2.24. The first kappa shape index (κ1) is 15.5. The highest BCUT2D eigenvalue weighted by Gasteiger charge is 2.12. The van der Waals surface area contributed by atoms with E-state index >= 15 is 0 Å². The zero-order chi connectivity index (χ0) is 17.7. The van der Waals surface area contributed by atoms with Gasteiger partial charge in [-0.25, -0.2) is 0 Å². The van der Waals surface area contributed by atoms with Crippen LogP contribution in [0.2, 0.25) is 0 Å². The first-order chi connectivity index (χ1) is 12.8. The van der Waals surface area contributed by atoms with Crippen molar-refractivity contribution in [1.82, 2.24) is 4.57 Å². The van der Waals surface area contributed by atoms with E-state index in [1.807, 2.05) is 0 Å². The fourth-order valence-corrected chi connectivity index (χ4v) is 4.30. The quantitative estimate of drug-likeness (QED) is 0.313. The molecular formula is C25H23N. The molecule has 0 saturated carbocycles. The van der Waals surface area contributed by atoms with E-state index in [2.05, 4.69) is 85.3 Å². The van der Waals surface area contributed by atoms with Gasteiger partial charge in [0.25, 0.3) is 0 Å². The molecule has 128 valence electrons. The van der Waals surface area contributed by atoms with Crippen molar-refractivity contribution in [2.24, 2.45) is 7.05 Å². The molecule has 0 aliphatic heterocycles. The number of unbranched alkanes of at least 4 members (excludes halogenated alkanes) is 1. The molecule has 0 saturated heterocycles. The van der Waals surface area contributed by atoms with Gasteiger partial charge in [0.05, 0.1) is 0 Å². The second kappa shape index (κ2) is 5.88. The Labute approximate surface area is 153 Å². The van der Waals surface area contributed by atoms with Crippen molar-refractivity contribution < 1.29 is 0 Å². The molecule has 0 atom stereocenters. The van der Waals surface area contributed by atoms with Gasteiger partial charge in [-0.2, -0.15) is 0 Å². The van der Waals surface area contributed by atoms with E-state index in [1.54, 1.807) is 0 Å². The SMILES string of the molecule is CCCCc1ccc2c3c4cc5ccccc5cc4ccc3n(C)c2c1. The fourth-order valence-electron chi connectivity index (χ4n) is 4.30. The smallest absolute Gasteiger partial charge is 0.0495 e. The summed E-state index contributed by atoms with van der Waals surface area (Å²) in [5.74, 6) is 0. The highest BCUT2D eigenvalue weighted by Crippen LogP contribution is 2.36. The zero-order valence-corrected chi connectivity index (χ0v) is 15.4. The summed E-state index contributed by atoms with van der Waals surface area (Å²) in [5.41, 5.74) is 4.10. The number of hydrogen-bond donors (Lipinski definition) is 0. The molecule has 0 amide bonds. The average Bonchev–Trinajstić information content (AvgIpc) is 2.97. The van der Waals surface area contributed by atoms with Crippen LogP contribution in [0.5, 0.6) is 0 Å². The standard InChI is InChI=1S/C25H23N/c1-3-4-7-17-10-12-21-24(14-17)26(2)23-13-11-20-15-18-8-5-6-9-19(18)16-22(20)25(21)23/h5-6,8-16H,3-4,7H2,1-2H3. The molecule has 5 aromatic rings. The van der Waals surface area contributed by atoms with Crippen LogP contribution in [0.15, 0.2) is 66.7 Å². The Morgan fingerprint density at radius 2 is 1.54 bits per heavy atom. The maximum absolute atomic E-state index is 2.39. The summed E-state index contributed by atoms with van der Waals surface area (Å²) in [6.45, 7) is 2.26. The Bertz CT molecular complexity index is 1270. The lowest BCUT2D eigenvalue weighted by Gasteiger charge is -2.05. The van der Waals surface area contributed by atoms with Crippen molar-refractivity contribution in [1.29, 1.82) is 0 Å². The molecule has 26 heavy (non-hydrogen) atoms. The molecule has 1 aromatic heterocycles. The summed E-state index contributed by atoms with van der Waals surface area (Å²) < 4.78 is 2.36. The van der Waals surface area contributed by atoms with Crippen molar-refractivity contribution in [2.75, 3.05) is 0 Å². The van der Waals surface area contributed by atoms with Crippen molar-refractivity contribution >= 4 is 43.4 Å². The molecule has 5 rings (SSSR count). The molecule has 1 nitrogen and oxygen atoms in total. The largest absolute Gasteiger partial charge is 0.344 e. The highest BCUT2D eigenvalue weighted by atomic mass is 14.9. The van der Waals surface area contributed by atoms with Gasteiger partial charge in [-0.3, -0.25) is 0 Å². The van der Waals surface area contributed by atoms with Crippen molar-refractivity contribution in [3.63, 3.8) is 0 Å². The molecule has 0 aliphatic rings. The lowest BCUT2D eigenvalue weighted by molar-refractivity contribution is 0.795.